The maximum Gasteiger partial charge on any atom is 0.217 e. The van der Waals surface area contributed by atoms with Crippen molar-refractivity contribution in [3.8, 4) is 17.4 Å². The lowest BCUT2D eigenvalue weighted by atomic mass is 10.4. The van der Waals surface area contributed by atoms with E-state index in [2.05, 4.69) is 28.4 Å². The summed E-state index contributed by atoms with van der Waals surface area (Å²) in [6.07, 6.45) is 3.81. The van der Waals surface area contributed by atoms with E-state index >= 15 is 0 Å². The van der Waals surface area contributed by atoms with Crippen molar-refractivity contribution in [1.82, 2.24) is 24.5 Å². The molecule has 3 aromatic heterocycles. The van der Waals surface area contributed by atoms with Crippen LogP contribution in [0.5, 0.6) is 0 Å². The van der Waals surface area contributed by atoms with Crippen molar-refractivity contribution in [2.24, 2.45) is 7.05 Å². The lowest BCUT2D eigenvalue weighted by Gasteiger charge is -2.09. The molecule has 0 fully saturated rings. The minimum atomic E-state index is 0.220. The van der Waals surface area contributed by atoms with Crippen LogP contribution in [-0.4, -0.2) is 30.8 Å². The molecule has 110 valence electrons. The molecule has 0 N–H and O–H groups in total. The van der Waals surface area contributed by atoms with E-state index in [0.717, 1.165) is 17.4 Å². The third-order valence-electron chi connectivity index (χ3n) is 3.32. The zero-order valence-corrected chi connectivity index (χ0v) is 13.3. The van der Waals surface area contributed by atoms with Crippen LogP contribution in [0.25, 0.3) is 17.4 Å². The molecule has 0 radical (unpaired) electrons. The van der Waals surface area contributed by atoms with Gasteiger partial charge in [0.2, 0.25) is 5.82 Å². The first-order valence-electron chi connectivity index (χ1n) is 6.65. The zero-order valence-electron chi connectivity index (χ0n) is 12.4. The fourth-order valence-corrected chi connectivity index (χ4v) is 2.46. The average molecular weight is 303 g/mol. The minimum Gasteiger partial charge on any atom is -0.458 e. The van der Waals surface area contributed by atoms with E-state index in [9.17, 15) is 0 Å². The van der Waals surface area contributed by atoms with E-state index < -0.39 is 0 Å². The van der Waals surface area contributed by atoms with Crippen LogP contribution >= 0.6 is 11.8 Å². The van der Waals surface area contributed by atoms with Crippen LogP contribution in [0, 0.1) is 6.92 Å². The highest BCUT2D eigenvalue weighted by Crippen LogP contribution is 2.29. The monoisotopic (exact) mass is 303 g/mol. The first-order chi connectivity index (χ1) is 10.1. The number of furan rings is 1. The molecule has 1 unspecified atom stereocenters. The molecule has 3 heterocycles. The van der Waals surface area contributed by atoms with Gasteiger partial charge in [-0.25, -0.2) is 4.98 Å². The van der Waals surface area contributed by atoms with Gasteiger partial charge in [0.25, 0.3) is 0 Å². The Bertz CT molecular complexity index is 757. The van der Waals surface area contributed by atoms with E-state index in [1.165, 1.54) is 0 Å². The van der Waals surface area contributed by atoms with Gasteiger partial charge < -0.3 is 4.42 Å². The van der Waals surface area contributed by atoms with Crippen LogP contribution in [0.1, 0.15) is 23.8 Å². The summed E-state index contributed by atoms with van der Waals surface area (Å²) >= 11 is 1.73. The van der Waals surface area contributed by atoms with Crippen LogP contribution in [0.4, 0.5) is 0 Å². The van der Waals surface area contributed by atoms with Crippen LogP contribution in [-0.2, 0) is 7.05 Å². The van der Waals surface area contributed by atoms with Crippen molar-refractivity contribution >= 4 is 11.8 Å². The van der Waals surface area contributed by atoms with Crippen LogP contribution in [0.3, 0.4) is 0 Å². The van der Waals surface area contributed by atoms with Crippen molar-refractivity contribution in [2.45, 2.75) is 19.1 Å². The SMILES string of the molecule is CSC(C)c1nc(-c2ccc(C)o2)nn1-c1ccnn1C. The zero-order chi connectivity index (χ0) is 15.0. The van der Waals surface area contributed by atoms with E-state index in [-0.39, 0.29) is 5.25 Å². The number of rotatable bonds is 4. The van der Waals surface area contributed by atoms with Gasteiger partial charge in [0.1, 0.15) is 11.6 Å². The summed E-state index contributed by atoms with van der Waals surface area (Å²) in [6, 6.07) is 5.73. The third-order valence-corrected chi connectivity index (χ3v) is 4.24. The lowest BCUT2D eigenvalue weighted by molar-refractivity contribution is 0.543. The van der Waals surface area contributed by atoms with Gasteiger partial charge in [-0.3, -0.25) is 4.68 Å². The van der Waals surface area contributed by atoms with E-state index in [1.54, 1.807) is 22.6 Å². The van der Waals surface area contributed by atoms with Gasteiger partial charge in [0, 0.05) is 13.1 Å². The summed E-state index contributed by atoms with van der Waals surface area (Å²) in [5.74, 6) is 3.90. The van der Waals surface area contributed by atoms with Crippen LogP contribution in [0.15, 0.2) is 28.8 Å². The van der Waals surface area contributed by atoms with E-state index in [1.807, 2.05) is 36.9 Å². The molecule has 1 atom stereocenters. The molecule has 0 aromatic carbocycles. The van der Waals surface area contributed by atoms with E-state index in [4.69, 9.17) is 4.42 Å². The van der Waals surface area contributed by atoms with Gasteiger partial charge >= 0.3 is 0 Å². The number of aryl methyl sites for hydroxylation is 2. The number of thioether (sulfide) groups is 1. The Morgan fingerprint density at radius 1 is 1.29 bits per heavy atom. The first kappa shape index (κ1) is 13.9. The number of nitrogens with zero attached hydrogens (tertiary/aromatic N) is 5. The second-order valence-corrected chi connectivity index (χ2v) is 5.99. The molecule has 7 heteroatoms. The standard InChI is InChI=1S/C14H17N5OS/c1-9-5-6-11(20-9)13-16-14(10(2)21-4)19(17-13)12-7-8-15-18(12)3/h5-8,10H,1-4H3. The molecule has 3 aromatic rings. The molecule has 0 saturated heterocycles. The van der Waals surface area contributed by atoms with Gasteiger partial charge in [0.05, 0.1) is 11.4 Å². The molecule has 3 rings (SSSR count). The second-order valence-electron chi connectivity index (χ2n) is 4.81. The molecule has 6 nitrogen and oxygen atoms in total. The second kappa shape index (κ2) is 5.40. The molecular weight excluding hydrogens is 286 g/mol. The fourth-order valence-electron chi connectivity index (χ4n) is 2.10. The molecule has 0 amide bonds. The fraction of sp³-hybridized carbons (Fsp3) is 0.357. The Hall–Kier alpha value is -2.02. The van der Waals surface area contributed by atoms with Gasteiger partial charge in [-0.1, -0.05) is 0 Å². The molecular formula is C14H17N5OS. The van der Waals surface area contributed by atoms with Gasteiger partial charge in [-0.15, -0.1) is 5.10 Å². The average Bonchev–Trinajstić information content (AvgIpc) is 3.16. The van der Waals surface area contributed by atoms with E-state index in [0.29, 0.717) is 11.6 Å². The number of hydrogen-bond donors (Lipinski definition) is 0. The summed E-state index contributed by atoms with van der Waals surface area (Å²) in [6.45, 7) is 4.02. The Labute approximate surface area is 127 Å². The van der Waals surface area contributed by atoms with Crippen molar-refractivity contribution < 1.29 is 4.42 Å². The first-order valence-corrected chi connectivity index (χ1v) is 7.94. The normalized spacial score (nSPS) is 12.8. The largest absolute Gasteiger partial charge is 0.458 e. The number of hydrogen-bond acceptors (Lipinski definition) is 5. The molecule has 0 bridgehead atoms. The van der Waals surface area contributed by atoms with Crippen molar-refractivity contribution in [3.63, 3.8) is 0 Å². The summed E-state index contributed by atoms with van der Waals surface area (Å²) in [5, 5.41) is 9.03. The Kier molecular flexibility index (Phi) is 3.59. The Balaban J connectivity index is 2.14. The molecule has 0 spiro atoms. The Morgan fingerprint density at radius 2 is 2.10 bits per heavy atom. The summed E-state index contributed by atoms with van der Waals surface area (Å²) in [4.78, 5) is 4.66. The molecule has 0 aliphatic heterocycles. The molecule has 0 aliphatic rings. The highest BCUT2D eigenvalue weighted by molar-refractivity contribution is 7.98. The number of aromatic nitrogens is 5. The molecule has 0 aliphatic carbocycles. The summed E-state index contributed by atoms with van der Waals surface area (Å²) in [5.41, 5.74) is 0. The summed E-state index contributed by atoms with van der Waals surface area (Å²) in [7, 11) is 1.89. The topological polar surface area (TPSA) is 61.7 Å². The smallest absolute Gasteiger partial charge is 0.217 e. The highest BCUT2D eigenvalue weighted by atomic mass is 32.2. The summed E-state index contributed by atoms with van der Waals surface area (Å²) < 4.78 is 9.25. The Morgan fingerprint density at radius 3 is 2.67 bits per heavy atom. The van der Waals surface area contributed by atoms with Gasteiger partial charge in [0.15, 0.2) is 11.6 Å². The lowest BCUT2D eigenvalue weighted by Crippen LogP contribution is -2.09. The minimum absolute atomic E-state index is 0.220. The highest BCUT2D eigenvalue weighted by Gasteiger charge is 2.20. The molecule has 21 heavy (non-hydrogen) atoms. The quantitative estimate of drug-likeness (QED) is 0.741. The van der Waals surface area contributed by atoms with Crippen molar-refractivity contribution in [3.05, 3.63) is 36.0 Å². The van der Waals surface area contributed by atoms with Crippen molar-refractivity contribution in [1.29, 1.82) is 0 Å². The predicted molar refractivity (Wildman–Crippen MR) is 82.5 cm³/mol. The van der Waals surface area contributed by atoms with Crippen LogP contribution in [0.2, 0.25) is 0 Å². The van der Waals surface area contributed by atoms with Crippen LogP contribution < -0.4 is 0 Å². The van der Waals surface area contributed by atoms with Crippen molar-refractivity contribution in [2.75, 3.05) is 6.26 Å². The third kappa shape index (κ3) is 2.49. The predicted octanol–water partition coefficient (Wildman–Crippen LogP) is 2.99. The maximum absolute atomic E-state index is 5.63. The maximum atomic E-state index is 5.63. The molecule has 0 saturated carbocycles. The van der Waals surface area contributed by atoms with Gasteiger partial charge in [-0.2, -0.15) is 21.5 Å². The van der Waals surface area contributed by atoms with Gasteiger partial charge in [-0.05, 0) is 32.2 Å².